The first-order valence-electron chi connectivity index (χ1n) is 5.64. The molecule has 0 aliphatic rings. The Morgan fingerprint density at radius 3 is 2.50 bits per heavy atom. The predicted octanol–water partition coefficient (Wildman–Crippen LogP) is 1.85. The fourth-order valence-electron chi connectivity index (χ4n) is 1.86. The van der Waals surface area contributed by atoms with Crippen molar-refractivity contribution in [1.82, 2.24) is 19.6 Å². The van der Waals surface area contributed by atoms with Crippen LogP contribution in [0, 0.1) is 0 Å². The van der Waals surface area contributed by atoms with Crippen LogP contribution < -0.4 is 5.73 Å². The van der Waals surface area contributed by atoms with Crippen molar-refractivity contribution >= 4 is 5.69 Å². The van der Waals surface area contributed by atoms with Gasteiger partial charge in [0, 0.05) is 25.1 Å². The highest BCUT2D eigenvalue weighted by atomic mass is 15.3. The first kappa shape index (κ1) is 10.6. The minimum absolute atomic E-state index is 0.748. The molecule has 2 heterocycles. The molecule has 0 amide bonds. The molecule has 0 unspecified atom stereocenters. The molecule has 3 rings (SSSR count). The van der Waals surface area contributed by atoms with Gasteiger partial charge in [-0.15, -0.1) is 0 Å². The molecule has 0 bridgehead atoms. The Balaban J connectivity index is 1.99. The predicted molar refractivity (Wildman–Crippen MR) is 70.2 cm³/mol. The van der Waals surface area contributed by atoms with Gasteiger partial charge in [0.2, 0.25) is 0 Å². The SMILES string of the molecule is Cn1nccc1-c1ccn(-c2ccc(N)cc2)n1. The third-order valence-corrected chi connectivity index (χ3v) is 2.83. The van der Waals surface area contributed by atoms with E-state index in [1.807, 2.05) is 54.3 Å². The van der Waals surface area contributed by atoms with E-state index in [1.54, 1.807) is 10.9 Å². The van der Waals surface area contributed by atoms with Crippen molar-refractivity contribution in [2.45, 2.75) is 0 Å². The summed E-state index contributed by atoms with van der Waals surface area (Å²) < 4.78 is 3.62. The van der Waals surface area contributed by atoms with Crippen LogP contribution in [0.2, 0.25) is 0 Å². The Kier molecular flexibility index (Phi) is 2.37. The fourth-order valence-corrected chi connectivity index (χ4v) is 1.86. The molecule has 0 fully saturated rings. The van der Waals surface area contributed by atoms with Gasteiger partial charge in [-0.25, -0.2) is 4.68 Å². The Hall–Kier alpha value is -2.56. The van der Waals surface area contributed by atoms with E-state index in [0.717, 1.165) is 22.8 Å². The third kappa shape index (κ3) is 1.75. The van der Waals surface area contributed by atoms with E-state index in [9.17, 15) is 0 Å². The Morgan fingerprint density at radius 2 is 1.83 bits per heavy atom. The number of anilines is 1. The van der Waals surface area contributed by atoms with Crippen molar-refractivity contribution in [2.75, 3.05) is 5.73 Å². The summed E-state index contributed by atoms with van der Waals surface area (Å²) in [5, 5.41) is 8.67. The van der Waals surface area contributed by atoms with Crippen LogP contribution in [-0.2, 0) is 7.05 Å². The summed E-state index contributed by atoms with van der Waals surface area (Å²) in [5.74, 6) is 0. The van der Waals surface area contributed by atoms with Gasteiger partial charge in [0.05, 0.1) is 11.4 Å². The summed E-state index contributed by atoms with van der Waals surface area (Å²) >= 11 is 0. The van der Waals surface area contributed by atoms with Gasteiger partial charge in [-0.05, 0) is 36.4 Å². The van der Waals surface area contributed by atoms with Crippen LogP contribution in [0.4, 0.5) is 5.69 Å². The van der Waals surface area contributed by atoms with Gasteiger partial charge in [-0.1, -0.05) is 0 Å². The smallest absolute Gasteiger partial charge is 0.111 e. The second kappa shape index (κ2) is 4.03. The van der Waals surface area contributed by atoms with Crippen LogP contribution in [0.3, 0.4) is 0 Å². The van der Waals surface area contributed by atoms with Crippen molar-refractivity contribution in [2.24, 2.45) is 7.05 Å². The molecule has 1 aromatic carbocycles. The molecule has 0 radical (unpaired) electrons. The lowest BCUT2D eigenvalue weighted by atomic mass is 10.3. The van der Waals surface area contributed by atoms with Gasteiger partial charge in [0.25, 0.3) is 0 Å². The maximum atomic E-state index is 5.67. The highest BCUT2D eigenvalue weighted by Crippen LogP contribution is 2.17. The molecule has 0 aliphatic carbocycles. The Labute approximate surface area is 104 Å². The van der Waals surface area contributed by atoms with Gasteiger partial charge < -0.3 is 5.73 Å². The number of nitrogens with two attached hydrogens (primary N) is 1. The number of nitrogens with zero attached hydrogens (tertiary/aromatic N) is 4. The first-order valence-corrected chi connectivity index (χ1v) is 5.64. The standard InChI is InChI=1S/C13H13N5/c1-17-13(6-8-15-17)12-7-9-18(16-12)11-4-2-10(14)3-5-11/h2-9H,14H2,1H3. The molecular weight excluding hydrogens is 226 g/mol. The maximum absolute atomic E-state index is 5.67. The summed E-state index contributed by atoms with van der Waals surface area (Å²) in [6, 6.07) is 11.5. The number of benzene rings is 1. The van der Waals surface area contributed by atoms with Crippen LogP contribution in [0.5, 0.6) is 0 Å². The minimum atomic E-state index is 0.748. The summed E-state index contributed by atoms with van der Waals surface area (Å²) in [5.41, 5.74) is 9.28. The van der Waals surface area contributed by atoms with E-state index in [0.29, 0.717) is 0 Å². The summed E-state index contributed by atoms with van der Waals surface area (Å²) in [6.45, 7) is 0. The molecule has 0 atom stereocenters. The van der Waals surface area contributed by atoms with Crippen molar-refractivity contribution in [1.29, 1.82) is 0 Å². The van der Waals surface area contributed by atoms with Gasteiger partial charge in [-0.2, -0.15) is 10.2 Å². The van der Waals surface area contributed by atoms with E-state index in [-0.39, 0.29) is 0 Å². The van der Waals surface area contributed by atoms with E-state index < -0.39 is 0 Å². The molecule has 0 aliphatic heterocycles. The van der Waals surface area contributed by atoms with Crippen LogP contribution >= 0.6 is 0 Å². The molecule has 3 aromatic rings. The first-order chi connectivity index (χ1) is 8.74. The molecule has 18 heavy (non-hydrogen) atoms. The third-order valence-electron chi connectivity index (χ3n) is 2.83. The van der Waals surface area contributed by atoms with Gasteiger partial charge in [-0.3, -0.25) is 4.68 Å². The monoisotopic (exact) mass is 239 g/mol. The lowest BCUT2D eigenvalue weighted by Gasteiger charge is -2.01. The Morgan fingerprint density at radius 1 is 1.06 bits per heavy atom. The molecule has 5 nitrogen and oxygen atoms in total. The van der Waals surface area contributed by atoms with E-state index in [1.165, 1.54) is 0 Å². The zero-order chi connectivity index (χ0) is 12.5. The summed E-state index contributed by atoms with van der Waals surface area (Å²) in [7, 11) is 1.90. The van der Waals surface area contributed by atoms with E-state index >= 15 is 0 Å². The topological polar surface area (TPSA) is 61.7 Å². The molecular formula is C13H13N5. The van der Waals surface area contributed by atoms with Gasteiger partial charge in [0.1, 0.15) is 5.69 Å². The normalized spacial score (nSPS) is 10.7. The van der Waals surface area contributed by atoms with Crippen molar-refractivity contribution in [3.8, 4) is 17.1 Å². The molecule has 2 aromatic heterocycles. The van der Waals surface area contributed by atoms with Crippen molar-refractivity contribution < 1.29 is 0 Å². The molecule has 5 heteroatoms. The molecule has 2 N–H and O–H groups in total. The summed E-state index contributed by atoms with van der Waals surface area (Å²) in [4.78, 5) is 0. The molecule has 90 valence electrons. The maximum Gasteiger partial charge on any atom is 0.111 e. The average Bonchev–Trinajstić information content (AvgIpc) is 2.98. The van der Waals surface area contributed by atoms with Crippen molar-refractivity contribution in [3.05, 3.63) is 48.8 Å². The molecule has 0 saturated heterocycles. The van der Waals surface area contributed by atoms with Crippen LogP contribution in [0.15, 0.2) is 48.8 Å². The minimum Gasteiger partial charge on any atom is -0.399 e. The van der Waals surface area contributed by atoms with Crippen LogP contribution in [0.25, 0.3) is 17.1 Å². The lowest BCUT2D eigenvalue weighted by Crippen LogP contribution is -1.97. The number of aryl methyl sites for hydroxylation is 1. The fraction of sp³-hybridized carbons (Fsp3) is 0.0769. The zero-order valence-corrected chi connectivity index (χ0v) is 9.99. The number of hydrogen-bond acceptors (Lipinski definition) is 3. The highest BCUT2D eigenvalue weighted by molar-refractivity contribution is 5.54. The van der Waals surface area contributed by atoms with Crippen molar-refractivity contribution in [3.63, 3.8) is 0 Å². The number of aromatic nitrogens is 4. The van der Waals surface area contributed by atoms with Gasteiger partial charge in [0.15, 0.2) is 0 Å². The molecule has 0 saturated carbocycles. The van der Waals surface area contributed by atoms with E-state index in [2.05, 4.69) is 10.2 Å². The van der Waals surface area contributed by atoms with E-state index in [4.69, 9.17) is 5.73 Å². The number of hydrogen-bond donors (Lipinski definition) is 1. The highest BCUT2D eigenvalue weighted by Gasteiger charge is 2.06. The average molecular weight is 239 g/mol. The number of rotatable bonds is 2. The quantitative estimate of drug-likeness (QED) is 0.694. The largest absolute Gasteiger partial charge is 0.399 e. The Bertz CT molecular complexity index is 663. The number of nitrogen functional groups attached to an aromatic ring is 1. The summed E-state index contributed by atoms with van der Waals surface area (Å²) in [6.07, 6.45) is 3.69. The van der Waals surface area contributed by atoms with Crippen LogP contribution in [-0.4, -0.2) is 19.6 Å². The lowest BCUT2D eigenvalue weighted by molar-refractivity contribution is 0.769. The van der Waals surface area contributed by atoms with Gasteiger partial charge >= 0.3 is 0 Å². The molecule has 0 spiro atoms. The second-order valence-electron chi connectivity index (χ2n) is 4.08. The van der Waals surface area contributed by atoms with Crippen LogP contribution in [0.1, 0.15) is 0 Å². The zero-order valence-electron chi connectivity index (χ0n) is 9.99. The second-order valence-corrected chi connectivity index (χ2v) is 4.08.